The second-order valence-corrected chi connectivity index (χ2v) is 4.22. The number of benzene rings is 1. The summed E-state index contributed by atoms with van der Waals surface area (Å²) in [5, 5.41) is 0. The number of likely N-dealkylation sites (N-methyl/N-ethyl adjacent to an activating group) is 1. The molecule has 0 spiro atoms. The SMILES string of the molecule is C=C(CC)C(=O)OCCN(C)c1ccc(C=O)cc1. The van der Waals surface area contributed by atoms with Crippen LogP contribution >= 0.6 is 0 Å². The Bertz CT molecular complexity index is 451. The van der Waals surface area contributed by atoms with Crippen LogP contribution in [0.4, 0.5) is 5.69 Å². The van der Waals surface area contributed by atoms with Crippen molar-refractivity contribution in [2.75, 3.05) is 25.1 Å². The Morgan fingerprint density at radius 3 is 2.53 bits per heavy atom. The fourth-order valence-corrected chi connectivity index (χ4v) is 1.46. The van der Waals surface area contributed by atoms with Gasteiger partial charge in [0.2, 0.25) is 0 Å². The zero-order valence-electron chi connectivity index (χ0n) is 11.4. The van der Waals surface area contributed by atoms with Crippen LogP contribution < -0.4 is 4.90 Å². The van der Waals surface area contributed by atoms with Crippen molar-refractivity contribution in [3.8, 4) is 0 Å². The maximum Gasteiger partial charge on any atom is 0.333 e. The lowest BCUT2D eigenvalue weighted by atomic mass is 10.2. The molecule has 0 aliphatic carbocycles. The van der Waals surface area contributed by atoms with Crippen molar-refractivity contribution in [2.24, 2.45) is 0 Å². The summed E-state index contributed by atoms with van der Waals surface area (Å²) in [6.07, 6.45) is 1.41. The van der Waals surface area contributed by atoms with Gasteiger partial charge in [0.1, 0.15) is 12.9 Å². The molecule has 0 unspecified atom stereocenters. The fourth-order valence-electron chi connectivity index (χ4n) is 1.46. The highest BCUT2D eigenvalue weighted by Crippen LogP contribution is 2.12. The van der Waals surface area contributed by atoms with Gasteiger partial charge in [-0.25, -0.2) is 4.79 Å². The molecule has 1 aromatic carbocycles. The van der Waals surface area contributed by atoms with E-state index in [0.717, 1.165) is 12.0 Å². The first-order valence-corrected chi connectivity index (χ1v) is 6.19. The number of nitrogens with zero attached hydrogens (tertiary/aromatic N) is 1. The van der Waals surface area contributed by atoms with Crippen LogP contribution in [0.3, 0.4) is 0 Å². The molecule has 19 heavy (non-hydrogen) atoms. The van der Waals surface area contributed by atoms with Crippen molar-refractivity contribution in [3.05, 3.63) is 42.0 Å². The normalized spacial score (nSPS) is 9.79. The van der Waals surface area contributed by atoms with E-state index in [-0.39, 0.29) is 5.97 Å². The van der Waals surface area contributed by atoms with E-state index >= 15 is 0 Å². The molecule has 0 aliphatic rings. The summed E-state index contributed by atoms with van der Waals surface area (Å²) < 4.78 is 5.10. The lowest BCUT2D eigenvalue weighted by Gasteiger charge is -2.19. The van der Waals surface area contributed by atoms with Crippen molar-refractivity contribution >= 4 is 17.9 Å². The van der Waals surface area contributed by atoms with Gasteiger partial charge in [-0.1, -0.05) is 13.5 Å². The van der Waals surface area contributed by atoms with Crippen molar-refractivity contribution in [3.63, 3.8) is 0 Å². The molecule has 0 fully saturated rings. The first kappa shape index (κ1) is 15.0. The first-order valence-electron chi connectivity index (χ1n) is 6.19. The summed E-state index contributed by atoms with van der Waals surface area (Å²) in [5.74, 6) is -0.341. The highest BCUT2D eigenvalue weighted by Gasteiger charge is 2.07. The standard InChI is InChI=1S/C15H19NO3/c1-4-12(2)15(18)19-10-9-16(3)14-7-5-13(11-17)6-8-14/h5-8,11H,2,4,9-10H2,1,3H3. The Kier molecular flexibility index (Phi) is 5.79. The zero-order valence-corrected chi connectivity index (χ0v) is 11.4. The predicted molar refractivity (Wildman–Crippen MR) is 75.5 cm³/mol. The number of esters is 1. The molecular weight excluding hydrogens is 242 g/mol. The molecule has 0 heterocycles. The Labute approximate surface area is 113 Å². The third kappa shape index (κ3) is 4.58. The van der Waals surface area contributed by atoms with E-state index in [1.807, 2.05) is 31.0 Å². The topological polar surface area (TPSA) is 46.6 Å². The van der Waals surface area contributed by atoms with Crippen LogP contribution in [0.15, 0.2) is 36.4 Å². The van der Waals surface area contributed by atoms with Crippen LogP contribution in [0.5, 0.6) is 0 Å². The molecule has 4 nitrogen and oxygen atoms in total. The highest BCUT2D eigenvalue weighted by atomic mass is 16.5. The van der Waals surface area contributed by atoms with E-state index < -0.39 is 0 Å². The second-order valence-electron chi connectivity index (χ2n) is 4.22. The molecule has 0 saturated carbocycles. The van der Waals surface area contributed by atoms with Crippen molar-refractivity contribution in [1.29, 1.82) is 0 Å². The van der Waals surface area contributed by atoms with Crippen LogP contribution in [0.25, 0.3) is 0 Å². The Hall–Kier alpha value is -2.10. The lowest BCUT2D eigenvalue weighted by molar-refractivity contribution is -0.138. The summed E-state index contributed by atoms with van der Waals surface area (Å²) in [7, 11) is 1.90. The van der Waals surface area contributed by atoms with Gasteiger partial charge >= 0.3 is 5.97 Å². The van der Waals surface area contributed by atoms with Crippen LogP contribution in [-0.2, 0) is 9.53 Å². The minimum atomic E-state index is -0.341. The van der Waals surface area contributed by atoms with E-state index in [1.165, 1.54) is 0 Å². The molecule has 4 heteroatoms. The maximum atomic E-state index is 11.4. The number of anilines is 1. The molecule has 0 amide bonds. The van der Waals surface area contributed by atoms with Gasteiger partial charge in [-0.2, -0.15) is 0 Å². The largest absolute Gasteiger partial charge is 0.460 e. The number of carbonyl (C=O) groups is 2. The van der Waals surface area contributed by atoms with Crippen LogP contribution in [0, 0.1) is 0 Å². The molecule has 0 aliphatic heterocycles. The highest BCUT2D eigenvalue weighted by molar-refractivity contribution is 5.87. The van der Waals surface area contributed by atoms with Gasteiger partial charge < -0.3 is 9.64 Å². The second kappa shape index (κ2) is 7.36. The molecule has 0 radical (unpaired) electrons. The zero-order chi connectivity index (χ0) is 14.3. The number of carbonyl (C=O) groups excluding carboxylic acids is 2. The van der Waals surface area contributed by atoms with E-state index in [9.17, 15) is 9.59 Å². The quantitative estimate of drug-likeness (QED) is 0.429. The van der Waals surface area contributed by atoms with Gasteiger partial charge in [0.05, 0.1) is 6.54 Å². The molecule has 0 atom stereocenters. The van der Waals surface area contributed by atoms with E-state index in [2.05, 4.69) is 6.58 Å². The van der Waals surface area contributed by atoms with Gasteiger partial charge in [-0.05, 0) is 30.7 Å². The molecule has 0 N–H and O–H groups in total. The molecule has 1 aromatic rings. The fraction of sp³-hybridized carbons (Fsp3) is 0.333. The summed E-state index contributed by atoms with van der Waals surface area (Å²) >= 11 is 0. The summed E-state index contributed by atoms with van der Waals surface area (Å²) in [5.41, 5.74) is 2.09. The number of ether oxygens (including phenoxy) is 1. The van der Waals surface area contributed by atoms with Crippen molar-refractivity contribution < 1.29 is 14.3 Å². The number of rotatable bonds is 7. The van der Waals surface area contributed by atoms with E-state index in [0.29, 0.717) is 30.7 Å². The summed E-state index contributed by atoms with van der Waals surface area (Å²) in [6, 6.07) is 7.22. The summed E-state index contributed by atoms with van der Waals surface area (Å²) in [4.78, 5) is 23.9. The van der Waals surface area contributed by atoms with Gasteiger partial charge in [0, 0.05) is 23.9 Å². The third-order valence-corrected chi connectivity index (χ3v) is 2.85. The Morgan fingerprint density at radius 1 is 1.37 bits per heavy atom. The van der Waals surface area contributed by atoms with Gasteiger partial charge in [-0.15, -0.1) is 0 Å². The van der Waals surface area contributed by atoms with Gasteiger partial charge in [-0.3, -0.25) is 4.79 Å². The van der Waals surface area contributed by atoms with Crippen LogP contribution in [0.2, 0.25) is 0 Å². The number of aldehydes is 1. The molecule has 0 aromatic heterocycles. The molecule has 0 saturated heterocycles. The lowest BCUT2D eigenvalue weighted by Crippen LogP contribution is -2.24. The molecule has 102 valence electrons. The van der Waals surface area contributed by atoms with Gasteiger partial charge in [0.15, 0.2) is 0 Å². The van der Waals surface area contributed by atoms with E-state index in [1.54, 1.807) is 12.1 Å². The molecular formula is C15H19NO3. The van der Waals surface area contributed by atoms with Crippen molar-refractivity contribution in [1.82, 2.24) is 0 Å². The summed E-state index contributed by atoms with van der Waals surface area (Å²) in [6.45, 7) is 6.39. The smallest absolute Gasteiger partial charge is 0.333 e. The van der Waals surface area contributed by atoms with Crippen LogP contribution in [0.1, 0.15) is 23.7 Å². The minimum absolute atomic E-state index is 0.309. The predicted octanol–water partition coefficient (Wildman–Crippen LogP) is 2.44. The Balaban J connectivity index is 2.42. The van der Waals surface area contributed by atoms with Crippen LogP contribution in [-0.4, -0.2) is 32.5 Å². The first-order chi connectivity index (χ1) is 9.08. The monoisotopic (exact) mass is 261 g/mol. The molecule has 0 bridgehead atoms. The average molecular weight is 261 g/mol. The Morgan fingerprint density at radius 2 is 2.00 bits per heavy atom. The van der Waals surface area contributed by atoms with E-state index in [4.69, 9.17) is 4.74 Å². The number of hydrogen-bond acceptors (Lipinski definition) is 4. The van der Waals surface area contributed by atoms with Crippen molar-refractivity contribution in [2.45, 2.75) is 13.3 Å². The van der Waals surface area contributed by atoms with Gasteiger partial charge in [0.25, 0.3) is 0 Å². The average Bonchev–Trinajstić information content (AvgIpc) is 2.46. The number of hydrogen-bond donors (Lipinski definition) is 0. The maximum absolute atomic E-state index is 11.4. The minimum Gasteiger partial charge on any atom is -0.460 e. The molecule has 1 rings (SSSR count). The third-order valence-electron chi connectivity index (χ3n) is 2.85.